The van der Waals surface area contributed by atoms with Crippen LogP contribution in [-0.4, -0.2) is 41.5 Å². The molecule has 2 heterocycles. The van der Waals surface area contributed by atoms with Crippen molar-refractivity contribution >= 4 is 22.3 Å². The van der Waals surface area contributed by atoms with E-state index in [4.69, 9.17) is 0 Å². The number of nitro benzene ring substituents is 1. The first-order valence-electron chi connectivity index (χ1n) is 7.09. The van der Waals surface area contributed by atoms with E-state index in [1.807, 2.05) is 6.07 Å². The quantitative estimate of drug-likeness (QED) is 0.690. The Kier molecular flexibility index (Phi) is 3.70. The van der Waals surface area contributed by atoms with Crippen molar-refractivity contribution in [1.82, 2.24) is 9.88 Å². The average molecular weight is 286 g/mol. The molecule has 21 heavy (non-hydrogen) atoms. The molecule has 0 spiro atoms. The Labute approximate surface area is 122 Å². The third-order valence-electron chi connectivity index (χ3n) is 4.01. The first-order chi connectivity index (χ1) is 10.1. The van der Waals surface area contributed by atoms with Crippen molar-refractivity contribution in [2.45, 2.75) is 6.42 Å². The number of hydrogen-bond donors (Lipinski definition) is 1. The predicted octanol–water partition coefficient (Wildman–Crippen LogP) is 2.51. The van der Waals surface area contributed by atoms with Crippen LogP contribution >= 0.6 is 0 Å². The van der Waals surface area contributed by atoms with Crippen LogP contribution in [0.15, 0.2) is 30.5 Å². The van der Waals surface area contributed by atoms with Crippen LogP contribution in [0.1, 0.15) is 6.42 Å². The molecule has 0 aliphatic carbocycles. The summed E-state index contributed by atoms with van der Waals surface area (Å²) in [6, 6.07) is 7.05. The van der Waals surface area contributed by atoms with Gasteiger partial charge in [0.15, 0.2) is 0 Å². The minimum Gasteiger partial charge on any atom is -0.379 e. The highest BCUT2D eigenvalue weighted by molar-refractivity contribution is 5.94. The van der Waals surface area contributed by atoms with E-state index in [2.05, 4.69) is 22.2 Å². The smallest absolute Gasteiger partial charge is 0.301 e. The molecule has 6 nitrogen and oxygen atoms in total. The highest BCUT2D eigenvalue weighted by atomic mass is 16.6. The number of fused-ring (bicyclic) bond motifs is 1. The summed E-state index contributed by atoms with van der Waals surface area (Å²) in [5.41, 5.74) is 1.34. The third kappa shape index (κ3) is 2.80. The highest BCUT2D eigenvalue weighted by Crippen LogP contribution is 2.32. The van der Waals surface area contributed by atoms with E-state index in [0.29, 0.717) is 22.5 Å². The van der Waals surface area contributed by atoms with Crippen molar-refractivity contribution in [3.63, 3.8) is 0 Å². The van der Waals surface area contributed by atoms with E-state index < -0.39 is 0 Å². The van der Waals surface area contributed by atoms with Gasteiger partial charge in [0, 0.05) is 19.3 Å². The summed E-state index contributed by atoms with van der Waals surface area (Å²) < 4.78 is 0. The number of nitrogens with zero attached hydrogens (tertiary/aromatic N) is 3. The summed E-state index contributed by atoms with van der Waals surface area (Å²) >= 11 is 0. The van der Waals surface area contributed by atoms with Crippen molar-refractivity contribution in [2.75, 3.05) is 32.0 Å². The van der Waals surface area contributed by atoms with Crippen molar-refractivity contribution in [3.8, 4) is 0 Å². The summed E-state index contributed by atoms with van der Waals surface area (Å²) in [5, 5.41) is 15.2. The third-order valence-corrected chi connectivity index (χ3v) is 4.01. The van der Waals surface area contributed by atoms with Gasteiger partial charge in [0.2, 0.25) is 0 Å². The van der Waals surface area contributed by atoms with Gasteiger partial charge in [0.1, 0.15) is 5.69 Å². The fourth-order valence-electron chi connectivity index (χ4n) is 2.92. The second kappa shape index (κ2) is 5.65. The Morgan fingerprint density at radius 3 is 3.05 bits per heavy atom. The zero-order chi connectivity index (χ0) is 14.8. The van der Waals surface area contributed by atoms with Crippen LogP contribution in [0, 0.1) is 16.0 Å². The molecular weight excluding hydrogens is 268 g/mol. The number of nitro groups is 1. The Bertz CT molecular complexity index is 674. The fraction of sp³-hybridized carbons (Fsp3) is 0.400. The van der Waals surface area contributed by atoms with Crippen LogP contribution in [-0.2, 0) is 0 Å². The van der Waals surface area contributed by atoms with Crippen LogP contribution in [0.4, 0.5) is 11.4 Å². The van der Waals surface area contributed by atoms with Crippen molar-refractivity contribution < 1.29 is 4.92 Å². The Morgan fingerprint density at radius 1 is 1.48 bits per heavy atom. The topological polar surface area (TPSA) is 71.3 Å². The van der Waals surface area contributed by atoms with Crippen LogP contribution in [0.3, 0.4) is 0 Å². The summed E-state index contributed by atoms with van der Waals surface area (Å²) in [6.45, 7) is 2.89. The second-order valence-corrected chi connectivity index (χ2v) is 5.59. The number of aromatic nitrogens is 1. The average Bonchev–Trinajstić information content (AvgIpc) is 2.89. The van der Waals surface area contributed by atoms with Gasteiger partial charge in [-0.25, -0.2) is 0 Å². The SMILES string of the molecule is CN1CCC(CNc2ccc3ncccc3c2[N+](=O)[O-])C1. The van der Waals surface area contributed by atoms with Gasteiger partial charge in [-0.05, 0) is 50.2 Å². The predicted molar refractivity (Wildman–Crippen MR) is 82.5 cm³/mol. The second-order valence-electron chi connectivity index (χ2n) is 5.59. The van der Waals surface area contributed by atoms with E-state index in [0.717, 1.165) is 26.1 Å². The molecule has 1 aliphatic rings. The van der Waals surface area contributed by atoms with E-state index in [9.17, 15) is 10.1 Å². The van der Waals surface area contributed by atoms with Crippen LogP contribution in [0.2, 0.25) is 0 Å². The summed E-state index contributed by atoms with van der Waals surface area (Å²) in [4.78, 5) is 17.5. The summed E-state index contributed by atoms with van der Waals surface area (Å²) in [7, 11) is 2.10. The Hall–Kier alpha value is -2.21. The number of anilines is 1. The Balaban J connectivity index is 1.87. The van der Waals surface area contributed by atoms with Crippen LogP contribution in [0.25, 0.3) is 10.9 Å². The number of rotatable bonds is 4. The zero-order valence-corrected chi connectivity index (χ0v) is 12.0. The van der Waals surface area contributed by atoms with Gasteiger partial charge in [0.05, 0.1) is 15.8 Å². The van der Waals surface area contributed by atoms with Gasteiger partial charge in [-0.15, -0.1) is 0 Å². The van der Waals surface area contributed by atoms with Crippen LogP contribution < -0.4 is 5.32 Å². The van der Waals surface area contributed by atoms with Crippen molar-refractivity contribution in [2.24, 2.45) is 5.92 Å². The fourth-order valence-corrected chi connectivity index (χ4v) is 2.92. The standard InChI is InChI=1S/C15H18N4O2/c1-18-8-6-11(10-18)9-17-14-5-4-13-12(3-2-7-16-13)15(14)19(20)21/h2-5,7,11,17H,6,8-10H2,1H3. The molecule has 1 unspecified atom stereocenters. The molecule has 0 radical (unpaired) electrons. The molecule has 0 saturated carbocycles. The zero-order valence-electron chi connectivity index (χ0n) is 12.0. The maximum atomic E-state index is 11.4. The lowest BCUT2D eigenvalue weighted by molar-refractivity contribution is -0.382. The first-order valence-corrected chi connectivity index (χ1v) is 7.09. The van der Waals surface area contributed by atoms with Crippen molar-refractivity contribution in [1.29, 1.82) is 0 Å². The van der Waals surface area contributed by atoms with Gasteiger partial charge < -0.3 is 10.2 Å². The maximum Gasteiger partial charge on any atom is 0.301 e. The normalized spacial score (nSPS) is 19.0. The largest absolute Gasteiger partial charge is 0.379 e. The molecule has 1 atom stereocenters. The van der Waals surface area contributed by atoms with E-state index in [1.165, 1.54) is 0 Å². The molecule has 6 heteroatoms. The molecule has 2 aromatic rings. The van der Waals surface area contributed by atoms with Gasteiger partial charge in [-0.3, -0.25) is 15.1 Å². The van der Waals surface area contributed by atoms with Crippen LogP contribution in [0.5, 0.6) is 0 Å². The molecule has 0 amide bonds. The molecule has 1 aliphatic heterocycles. The van der Waals surface area contributed by atoms with Gasteiger partial charge in [-0.2, -0.15) is 0 Å². The van der Waals surface area contributed by atoms with E-state index in [-0.39, 0.29) is 10.6 Å². The van der Waals surface area contributed by atoms with Gasteiger partial charge in [0.25, 0.3) is 0 Å². The van der Waals surface area contributed by atoms with E-state index >= 15 is 0 Å². The molecule has 1 fully saturated rings. The maximum absolute atomic E-state index is 11.4. The molecular formula is C15H18N4O2. The number of nitrogens with one attached hydrogen (secondary N) is 1. The minimum atomic E-state index is -0.326. The number of benzene rings is 1. The lowest BCUT2D eigenvalue weighted by Crippen LogP contribution is -2.19. The number of hydrogen-bond acceptors (Lipinski definition) is 5. The molecule has 1 aromatic heterocycles. The lowest BCUT2D eigenvalue weighted by Gasteiger charge is -2.13. The first kappa shape index (κ1) is 13.8. The molecule has 110 valence electrons. The summed E-state index contributed by atoms with van der Waals surface area (Å²) in [6.07, 6.45) is 2.78. The summed E-state index contributed by atoms with van der Waals surface area (Å²) in [5.74, 6) is 0.541. The molecule has 1 aromatic carbocycles. The minimum absolute atomic E-state index is 0.118. The lowest BCUT2D eigenvalue weighted by atomic mass is 10.1. The van der Waals surface area contributed by atoms with Gasteiger partial charge >= 0.3 is 5.69 Å². The number of likely N-dealkylation sites (tertiary alicyclic amines) is 1. The molecule has 1 saturated heterocycles. The molecule has 3 rings (SSSR count). The molecule has 1 N–H and O–H groups in total. The Morgan fingerprint density at radius 2 is 2.33 bits per heavy atom. The molecule has 0 bridgehead atoms. The van der Waals surface area contributed by atoms with E-state index in [1.54, 1.807) is 24.4 Å². The van der Waals surface area contributed by atoms with Crippen molar-refractivity contribution in [3.05, 3.63) is 40.6 Å². The monoisotopic (exact) mass is 286 g/mol. The number of pyridine rings is 1. The van der Waals surface area contributed by atoms with Gasteiger partial charge in [-0.1, -0.05) is 0 Å². The highest BCUT2D eigenvalue weighted by Gasteiger charge is 2.22.